The zero-order valence-electron chi connectivity index (χ0n) is 12.1. The van der Waals surface area contributed by atoms with Gasteiger partial charge in [0.1, 0.15) is 0 Å². The maximum absolute atomic E-state index is 12.1. The fourth-order valence-electron chi connectivity index (χ4n) is 2.18. The molecule has 0 aliphatic carbocycles. The highest BCUT2D eigenvalue weighted by atomic mass is 32.2. The summed E-state index contributed by atoms with van der Waals surface area (Å²) in [7, 11) is -3.31. The lowest BCUT2D eigenvalue weighted by molar-refractivity contribution is 0.402. The van der Waals surface area contributed by atoms with Crippen LogP contribution in [0, 0.1) is 0 Å². The van der Waals surface area contributed by atoms with Gasteiger partial charge in [0.2, 0.25) is 0 Å². The Bertz CT molecular complexity index is 373. The molecule has 1 aliphatic rings. The molecule has 19 heavy (non-hydrogen) atoms. The normalized spacial score (nSPS) is 16.7. The van der Waals surface area contributed by atoms with Crippen molar-refractivity contribution >= 4 is 10.2 Å². The Morgan fingerprint density at radius 2 is 2.00 bits per heavy atom. The average Bonchev–Trinajstić information content (AvgIpc) is 2.39. The van der Waals surface area contributed by atoms with Crippen molar-refractivity contribution in [3.05, 3.63) is 11.6 Å². The largest absolute Gasteiger partial charge is 0.313 e. The highest BCUT2D eigenvalue weighted by molar-refractivity contribution is 7.87. The van der Waals surface area contributed by atoms with Crippen LogP contribution in [0.2, 0.25) is 0 Å². The maximum Gasteiger partial charge on any atom is 0.279 e. The van der Waals surface area contributed by atoms with Gasteiger partial charge in [0, 0.05) is 26.2 Å². The van der Waals surface area contributed by atoms with Crippen LogP contribution in [0.3, 0.4) is 0 Å². The predicted molar refractivity (Wildman–Crippen MR) is 79.3 cm³/mol. The summed E-state index contributed by atoms with van der Waals surface area (Å²) in [5.74, 6) is 0. The molecule has 0 radical (unpaired) electrons. The van der Waals surface area contributed by atoms with E-state index >= 15 is 0 Å². The van der Waals surface area contributed by atoms with Crippen LogP contribution in [0.15, 0.2) is 11.6 Å². The number of nitrogens with one attached hydrogen (secondary N) is 2. The van der Waals surface area contributed by atoms with Crippen molar-refractivity contribution < 1.29 is 8.42 Å². The summed E-state index contributed by atoms with van der Waals surface area (Å²) in [6.45, 7) is 7.58. The SMILES string of the molecule is CCCN(CCC)S(=O)(=O)NCCC1=CCNCC1. The zero-order chi connectivity index (χ0) is 14.1. The monoisotopic (exact) mass is 289 g/mol. The van der Waals surface area contributed by atoms with Crippen LogP contribution in [0.5, 0.6) is 0 Å². The van der Waals surface area contributed by atoms with Gasteiger partial charge < -0.3 is 5.32 Å². The van der Waals surface area contributed by atoms with Gasteiger partial charge in [-0.25, -0.2) is 4.72 Å². The van der Waals surface area contributed by atoms with E-state index in [-0.39, 0.29) is 0 Å². The molecule has 5 nitrogen and oxygen atoms in total. The van der Waals surface area contributed by atoms with Gasteiger partial charge in [-0.15, -0.1) is 0 Å². The van der Waals surface area contributed by atoms with E-state index in [1.807, 2.05) is 13.8 Å². The van der Waals surface area contributed by atoms with E-state index in [1.165, 1.54) is 5.57 Å². The summed E-state index contributed by atoms with van der Waals surface area (Å²) in [5, 5.41) is 3.25. The Hall–Kier alpha value is -0.430. The first-order chi connectivity index (χ1) is 9.10. The lowest BCUT2D eigenvalue weighted by Crippen LogP contribution is -2.42. The van der Waals surface area contributed by atoms with E-state index in [2.05, 4.69) is 16.1 Å². The lowest BCUT2D eigenvalue weighted by Gasteiger charge is -2.21. The van der Waals surface area contributed by atoms with Gasteiger partial charge in [-0.05, 0) is 32.2 Å². The van der Waals surface area contributed by atoms with Crippen LogP contribution in [-0.2, 0) is 10.2 Å². The quantitative estimate of drug-likeness (QED) is 0.628. The standard InChI is InChI=1S/C13H27N3O2S/c1-3-11-16(12-4-2)19(17,18)15-10-7-13-5-8-14-9-6-13/h5,14-15H,3-4,6-12H2,1-2H3. The third-order valence-electron chi connectivity index (χ3n) is 3.17. The molecule has 0 aromatic carbocycles. The van der Waals surface area contributed by atoms with Crippen molar-refractivity contribution in [1.29, 1.82) is 0 Å². The van der Waals surface area contributed by atoms with Crippen LogP contribution >= 0.6 is 0 Å². The Morgan fingerprint density at radius 3 is 2.53 bits per heavy atom. The van der Waals surface area contributed by atoms with Gasteiger partial charge >= 0.3 is 0 Å². The summed E-state index contributed by atoms with van der Waals surface area (Å²) >= 11 is 0. The van der Waals surface area contributed by atoms with Crippen molar-refractivity contribution in [2.45, 2.75) is 39.5 Å². The Morgan fingerprint density at radius 1 is 1.32 bits per heavy atom. The first-order valence-electron chi connectivity index (χ1n) is 7.23. The van der Waals surface area contributed by atoms with Crippen LogP contribution in [0.1, 0.15) is 39.5 Å². The van der Waals surface area contributed by atoms with E-state index in [4.69, 9.17) is 0 Å². The molecule has 0 unspecified atom stereocenters. The molecule has 0 saturated carbocycles. The van der Waals surface area contributed by atoms with Gasteiger partial charge in [-0.3, -0.25) is 0 Å². The third kappa shape index (κ3) is 6.03. The van der Waals surface area contributed by atoms with Crippen molar-refractivity contribution in [2.24, 2.45) is 0 Å². The molecule has 112 valence electrons. The maximum atomic E-state index is 12.1. The van der Waals surface area contributed by atoms with Gasteiger partial charge in [0.25, 0.3) is 10.2 Å². The van der Waals surface area contributed by atoms with Crippen LogP contribution in [0.25, 0.3) is 0 Å². The van der Waals surface area contributed by atoms with E-state index in [0.717, 1.165) is 38.8 Å². The molecule has 0 bridgehead atoms. The third-order valence-corrected chi connectivity index (χ3v) is 4.79. The topological polar surface area (TPSA) is 61.4 Å². The van der Waals surface area contributed by atoms with Crippen molar-refractivity contribution in [1.82, 2.24) is 14.3 Å². The van der Waals surface area contributed by atoms with Gasteiger partial charge in [0.15, 0.2) is 0 Å². The van der Waals surface area contributed by atoms with E-state index in [9.17, 15) is 8.42 Å². The molecule has 1 rings (SSSR count). The molecule has 0 saturated heterocycles. The van der Waals surface area contributed by atoms with E-state index in [0.29, 0.717) is 19.6 Å². The minimum atomic E-state index is -3.31. The molecule has 0 fully saturated rings. The van der Waals surface area contributed by atoms with Crippen molar-refractivity contribution in [3.8, 4) is 0 Å². The Balaban J connectivity index is 2.41. The average molecular weight is 289 g/mol. The summed E-state index contributed by atoms with van der Waals surface area (Å²) in [6.07, 6.45) is 5.69. The second kappa shape index (κ2) is 8.68. The van der Waals surface area contributed by atoms with Gasteiger partial charge in [-0.2, -0.15) is 12.7 Å². The number of rotatable bonds is 9. The van der Waals surface area contributed by atoms with Crippen LogP contribution in [-0.4, -0.2) is 45.4 Å². The lowest BCUT2D eigenvalue weighted by atomic mass is 10.1. The smallest absolute Gasteiger partial charge is 0.279 e. The number of hydrogen-bond acceptors (Lipinski definition) is 3. The Labute approximate surface area is 117 Å². The summed E-state index contributed by atoms with van der Waals surface area (Å²) in [4.78, 5) is 0. The first kappa shape index (κ1) is 16.6. The minimum absolute atomic E-state index is 0.498. The summed E-state index contributed by atoms with van der Waals surface area (Å²) in [5.41, 5.74) is 1.35. The molecule has 0 aromatic rings. The van der Waals surface area contributed by atoms with E-state index < -0.39 is 10.2 Å². The molecule has 1 heterocycles. The fourth-order valence-corrected chi connectivity index (χ4v) is 3.57. The molecule has 0 atom stereocenters. The highest BCUT2D eigenvalue weighted by Gasteiger charge is 2.19. The molecular weight excluding hydrogens is 262 g/mol. The summed E-state index contributed by atoms with van der Waals surface area (Å²) < 4.78 is 28.5. The summed E-state index contributed by atoms with van der Waals surface area (Å²) in [6, 6.07) is 0. The minimum Gasteiger partial charge on any atom is -0.313 e. The second-order valence-electron chi connectivity index (χ2n) is 4.86. The molecule has 2 N–H and O–H groups in total. The fraction of sp³-hybridized carbons (Fsp3) is 0.846. The van der Waals surface area contributed by atoms with Crippen LogP contribution in [0.4, 0.5) is 0 Å². The van der Waals surface area contributed by atoms with Crippen molar-refractivity contribution in [2.75, 3.05) is 32.7 Å². The molecule has 0 spiro atoms. The second-order valence-corrected chi connectivity index (χ2v) is 6.62. The van der Waals surface area contributed by atoms with Gasteiger partial charge in [0.05, 0.1) is 0 Å². The molecule has 0 aromatic heterocycles. The molecular formula is C13H27N3O2S. The molecule has 0 amide bonds. The predicted octanol–water partition coefficient (Wildman–Crippen LogP) is 1.25. The first-order valence-corrected chi connectivity index (χ1v) is 8.67. The zero-order valence-corrected chi connectivity index (χ0v) is 12.9. The molecule has 6 heteroatoms. The highest BCUT2D eigenvalue weighted by Crippen LogP contribution is 2.09. The number of hydrogen-bond donors (Lipinski definition) is 2. The molecule has 1 aliphatic heterocycles. The number of nitrogens with zero attached hydrogens (tertiary/aromatic N) is 1. The Kier molecular flexibility index (Phi) is 7.60. The van der Waals surface area contributed by atoms with E-state index in [1.54, 1.807) is 4.31 Å². The van der Waals surface area contributed by atoms with Gasteiger partial charge in [-0.1, -0.05) is 25.5 Å². The van der Waals surface area contributed by atoms with Crippen molar-refractivity contribution in [3.63, 3.8) is 0 Å². The van der Waals surface area contributed by atoms with Crippen LogP contribution < -0.4 is 10.0 Å².